The van der Waals surface area contributed by atoms with Crippen LogP contribution in [-0.2, 0) is 4.79 Å². The fourth-order valence-electron chi connectivity index (χ4n) is 2.53. The summed E-state index contributed by atoms with van der Waals surface area (Å²) >= 11 is 0. The summed E-state index contributed by atoms with van der Waals surface area (Å²) < 4.78 is 0. The maximum Gasteiger partial charge on any atom is 0.249 e. The number of carbonyl (C=O) groups is 2. The molecule has 0 aromatic heterocycles. The number of rotatable bonds is 4. The number of phenolic OH excluding ortho intramolecular Hbond substituents is 1. The zero-order valence-electron chi connectivity index (χ0n) is 11.1. The van der Waals surface area contributed by atoms with Crippen molar-refractivity contribution >= 4 is 11.8 Å². The van der Waals surface area contributed by atoms with E-state index in [2.05, 4.69) is 5.32 Å². The van der Waals surface area contributed by atoms with Gasteiger partial charge in [-0.2, -0.15) is 0 Å². The molecule has 1 aromatic rings. The Labute approximate surface area is 117 Å². The summed E-state index contributed by atoms with van der Waals surface area (Å²) in [6, 6.07) is 3.24. The number of hydrogen-bond acceptors (Lipinski definition) is 4. The quantitative estimate of drug-likeness (QED) is 0.642. The average Bonchev–Trinajstić information content (AvgIpc) is 2.90. The first-order valence-corrected chi connectivity index (χ1v) is 6.67. The molecule has 6 nitrogen and oxygen atoms in total. The van der Waals surface area contributed by atoms with Crippen molar-refractivity contribution in [2.45, 2.75) is 37.8 Å². The topological polar surface area (TPSA) is 118 Å². The summed E-state index contributed by atoms with van der Waals surface area (Å²) in [6.45, 7) is 0. The number of carbonyl (C=O) groups excluding carboxylic acids is 2. The van der Waals surface area contributed by atoms with Crippen molar-refractivity contribution in [2.75, 3.05) is 0 Å². The Balaban J connectivity index is 2.17. The molecule has 2 amide bonds. The Bertz CT molecular complexity index is 524. The Hall–Kier alpha value is -2.08. The van der Waals surface area contributed by atoms with E-state index in [0.29, 0.717) is 5.56 Å². The lowest BCUT2D eigenvalue weighted by molar-refractivity contribution is -0.123. The van der Waals surface area contributed by atoms with Crippen LogP contribution in [-0.4, -0.2) is 23.0 Å². The van der Waals surface area contributed by atoms with Crippen LogP contribution in [0.4, 0.5) is 0 Å². The van der Waals surface area contributed by atoms with Crippen LogP contribution in [0.1, 0.15) is 47.6 Å². The standard InChI is InChI=1S/C14H19N3O3/c15-12(14(20)17-8-3-1-2-4-8)10-6-5-9(18)7-11(10)13(16)19/h5-8,12,18H,1-4,15H2,(H2,16,19)(H,17,20). The first kappa shape index (κ1) is 14.3. The van der Waals surface area contributed by atoms with E-state index >= 15 is 0 Å². The number of nitrogens with one attached hydrogen (secondary N) is 1. The van der Waals surface area contributed by atoms with E-state index < -0.39 is 11.9 Å². The van der Waals surface area contributed by atoms with Gasteiger partial charge in [-0.25, -0.2) is 0 Å². The summed E-state index contributed by atoms with van der Waals surface area (Å²) in [4.78, 5) is 23.5. The fourth-order valence-corrected chi connectivity index (χ4v) is 2.53. The molecule has 1 aliphatic rings. The van der Waals surface area contributed by atoms with Crippen LogP contribution < -0.4 is 16.8 Å². The van der Waals surface area contributed by atoms with Gasteiger partial charge in [0.05, 0.1) is 0 Å². The second-order valence-corrected chi connectivity index (χ2v) is 5.10. The maximum atomic E-state index is 12.1. The van der Waals surface area contributed by atoms with E-state index in [1.807, 2.05) is 0 Å². The lowest BCUT2D eigenvalue weighted by Crippen LogP contribution is -2.40. The molecule has 0 aliphatic heterocycles. The van der Waals surface area contributed by atoms with Gasteiger partial charge in [0.1, 0.15) is 11.8 Å². The molecule has 1 aliphatic carbocycles. The fraction of sp³-hybridized carbons (Fsp3) is 0.429. The van der Waals surface area contributed by atoms with Gasteiger partial charge in [-0.15, -0.1) is 0 Å². The SMILES string of the molecule is NC(=O)c1cc(O)ccc1C(N)C(=O)NC1CCCC1. The molecule has 1 unspecified atom stereocenters. The molecule has 20 heavy (non-hydrogen) atoms. The minimum atomic E-state index is -0.973. The Morgan fingerprint density at radius 2 is 1.95 bits per heavy atom. The number of nitrogens with two attached hydrogens (primary N) is 2. The van der Waals surface area contributed by atoms with Crippen molar-refractivity contribution in [2.24, 2.45) is 11.5 Å². The van der Waals surface area contributed by atoms with Gasteiger partial charge in [0.25, 0.3) is 0 Å². The summed E-state index contributed by atoms with van der Waals surface area (Å²) in [5.74, 6) is -1.14. The molecule has 0 heterocycles. The van der Waals surface area contributed by atoms with Crippen LogP contribution in [0.15, 0.2) is 18.2 Å². The zero-order chi connectivity index (χ0) is 14.7. The predicted molar refractivity (Wildman–Crippen MR) is 74.0 cm³/mol. The largest absolute Gasteiger partial charge is 0.508 e. The summed E-state index contributed by atoms with van der Waals surface area (Å²) in [7, 11) is 0. The lowest BCUT2D eigenvalue weighted by atomic mass is 9.99. The van der Waals surface area contributed by atoms with Gasteiger partial charge in [0, 0.05) is 11.6 Å². The molecule has 1 aromatic carbocycles. The molecule has 108 valence electrons. The van der Waals surface area contributed by atoms with Crippen molar-refractivity contribution in [1.29, 1.82) is 0 Å². The smallest absolute Gasteiger partial charge is 0.249 e. The molecule has 1 atom stereocenters. The zero-order valence-corrected chi connectivity index (χ0v) is 11.1. The molecular weight excluding hydrogens is 258 g/mol. The maximum absolute atomic E-state index is 12.1. The molecule has 6 heteroatoms. The number of phenols is 1. The van der Waals surface area contributed by atoms with E-state index in [9.17, 15) is 14.7 Å². The number of primary amides is 1. The molecule has 1 saturated carbocycles. The number of benzene rings is 1. The third kappa shape index (κ3) is 3.08. The highest BCUT2D eigenvalue weighted by Crippen LogP contribution is 2.23. The van der Waals surface area contributed by atoms with Gasteiger partial charge in [0.2, 0.25) is 11.8 Å². The first-order valence-electron chi connectivity index (χ1n) is 6.67. The van der Waals surface area contributed by atoms with Crippen LogP contribution in [0, 0.1) is 0 Å². The van der Waals surface area contributed by atoms with Gasteiger partial charge in [-0.05, 0) is 30.5 Å². The lowest BCUT2D eigenvalue weighted by Gasteiger charge is -2.18. The molecule has 6 N–H and O–H groups in total. The average molecular weight is 277 g/mol. The molecule has 0 bridgehead atoms. The van der Waals surface area contributed by atoms with E-state index in [1.54, 1.807) is 0 Å². The van der Waals surface area contributed by atoms with Crippen LogP contribution in [0.5, 0.6) is 5.75 Å². The molecule has 0 saturated heterocycles. The third-order valence-electron chi connectivity index (χ3n) is 3.62. The monoisotopic (exact) mass is 277 g/mol. The highest BCUT2D eigenvalue weighted by atomic mass is 16.3. The van der Waals surface area contributed by atoms with E-state index in [0.717, 1.165) is 25.7 Å². The van der Waals surface area contributed by atoms with Gasteiger partial charge in [-0.3, -0.25) is 9.59 Å². The van der Waals surface area contributed by atoms with Gasteiger partial charge in [0.15, 0.2) is 0 Å². The molecule has 0 spiro atoms. The second-order valence-electron chi connectivity index (χ2n) is 5.10. The summed E-state index contributed by atoms with van der Waals surface area (Å²) in [5, 5.41) is 12.3. The van der Waals surface area contributed by atoms with Crippen LogP contribution in [0.3, 0.4) is 0 Å². The van der Waals surface area contributed by atoms with Gasteiger partial charge < -0.3 is 21.9 Å². The highest BCUT2D eigenvalue weighted by molar-refractivity contribution is 5.97. The van der Waals surface area contributed by atoms with Gasteiger partial charge in [-0.1, -0.05) is 18.9 Å². The van der Waals surface area contributed by atoms with E-state index in [1.165, 1.54) is 18.2 Å². The second kappa shape index (κ2) is 5.92. The predicted octanol–water partition coefficient (Wildman–Crippen LogP) is 0.550. The van der Waals surface area contributed by atoms with Crippen molar-refractivity contribution in [3.63, 3.8) is 0 Å². The minimum Gasteiger partial charge on any atom is -0.508 e. The van der Waals surface area contributed by atoms with Crippen LogP contribution >= 0.6 is 0 Å². The first-order chi connectivity index (χ1) is 9.49. The van der Waals surface area contributed by atoms with E-state index in [4.69, 9.17) is 11.5 Å². The van der Waals surface area contributed by atoms with Crippen molar-refractivity contribution in [1.82, 2.24) is 5.32 Å². The molecule has 0 radical (unpaired) electrons. The third-order valence-corrected chi connectivity index (χ3v) is 3.62. The number of aromatic hydroxyl groups is 1. The van der Waals surface area contributed by atoms with Crippen molar-refractivity contribution in [3.8, 4) is 5.75 Å². The number of hydrogen-bond donors (Lipinski definition) is 4. The van der Waals surface area contributed by atoms with Crippen LogP contribution in [0.25, 0.3) is 0 Å². The van der Waals surface area contributed by atoms with Crippen molar-refractivity contribution < 1.29 is 14.7 Å². The Morgan fingerprint density at radius 3 is 2.55 bits per heavy atom. The van der Waals surface area contributed by atoms with Crippen LogP contribution in [0.2, 0.25) is 0 Å². The Morgan fingerprint density at radius 1 is 1.30 bits per heavy atom. The van der Waals surface area contributed by atoms with E-state index in [-0.39, 0.29) is 23.3 Å². The minimum absolute atomic E-state index is 0.0686. The normalized spacial score (nSPS) is 16.9. The number of amides is 2. The van der Waals surface area contributed by atoms with Gasteiger partial charge >= 0.3 is 0 Å². The molecule has 2 rings (SSSR count). The highest BCUT2D eigenvalue weighted by Gasteiger charge is 2.24. The summed E-state index contributed by atoms with van der Waals surface area (Å²) in [5.41, 5.74) is 11.5. The summed E-state index contributed by atoms with van der Waals surface area (Å²) in [6.07, 6.45) is 4.12. The molecule has 1 fully saturated rings. The Kier molecular flexibility index (Phi) is 4.24. The molecular formula is C14H19N3O3. The van der Waals surface area contributed by atoms with Crippen molar-refractivity contribution in [3.05, 3.63) is 29.3 Å².